The molecule has 4 nitrogen and oxygen atoms in total. The summed E-state index contributed by atoms with van der Waals surface area (Å²) in [4.78, 5) is 24.1. The molecule has 0 radical (unpaired) electrons. The minimum atomic E-state index is -0.0651. The maximum Gasteiger partial charge on any atom is 0.187 e. The summed E-state index contributed by atoms with van der Waals surface area (Å²) in [5, 5.41) is 6.16. The van der Waals surface area contributed by atoms with Gasteiger partial charge in [0, 0.05) is 47.1 Å². The molecule has 0 fully saturated rings. The number of allylic oxidation sites excluding steroid dienone is 2. The zero-order valence-electron chi connectivity index (χ0n) is 15.2. The van der Waals surface area contributed by atoms with Crippen molar-refractivity contribution >= 4 is 22.9 Å². The van der Waals surface area contributed by atoms with E-state index in [1.807, 2.05) is 60.7 Å². The van der Waals surface area contributed by atoms with Crippen LogP contribution in [0.15, 0.2) is 109 Å². The van der Waals surface area contributed by atoms with Crippen molar-refractivity contribution in [3.63, 3.8) is 0 Å². The summed E-state index contributed by atoms with van der Waals surface area (Å²) in [7, 11) is 0. The van der Waals surface area contributed by atoms with Crippen LogP contribution in [-0.4, -0.2) is 11.6 Å². The van der Waals surface area contributed by atoms with Crippen molar-refractivity contribution in [1.82, 2.24) is 0 Å². The Bertz CT molecular complexity index is 915. The van der Waals surface area contributed by atoms with Crippen molar-refractivity contribution < 1.29 is 9.59 Å². The second-order valence-corrected chi connectivity index (χ2v) is 6.00. The molecule has 0 aromatic heterocycles. The summed E-state index contributed by atoms with van der Waals surface area (Å²) in [5.74, 6) is -0.130. The smallest absolute Gasteiger partial charge is 0.187 e. The normalized spacial score (nSPS) is 10.9. The average Bonchev–Trinajstić information content (AvgIpc) is 2.75. The van der Waals surface area contributed by atoms with Crippen molar-refractivity contribution in [3.05, 3.63) is 121 Å². The fourth-order valence-electron chi connectivity index (χ4n) is 2.52. The van der Waals surface area contributed by atoms with Gasteiger partial charge in [-0.3, -0.25) is 9.59 Å². The quantitative estimate of drug-likeness (QED) is 0.418. The van der Waals surface area contributed by atoms with Gasteiger partial charge in [0.2, 0.25) is 0 Å². The molecule has 2 N–H and O–H groups in total. The molecule has 0 saturated carbocycles. The Labute approximate surface area is 164 Å². The number of ketones is 2. The Morgan fingerprint density at radius 1 is 0.571 bits per heavy atom. The number of hydrogen-bond acceptors (Lipinski definition) is 4. The predicted molar refractivity (Wildman–Crippen MR) is 114 cm³/mol. The number of carbonyl (C=O) groups is 2. The van der Waals surface area contributed by atoms with E-state index in [0.717, 1.165) is 11.4 Å². The number of hydrogen-bond donors (Lipinski definition) is 2. The minimum absolute atomic E-state index is 0.0651. The molecule has 0 aliphatic carbocycles. The Morgan fingerprint density at radius 3 is 1.43 bits per heavy atom. The van der Waals surface area contributed by atoms with Gasteiger partial charge >= 0.3 is 0 Å². The van der Waals surface area contributed by atoms with Crippen LogP contribution in [-0.2, 0) is 0 Å². The Morgan fingerprint density at radius 2 is 1.00 bits per heavy atom. The summed E-state index contributed by atoms with van der Waals surface area (Å²) < 4.78 is 0. The lowest BCUT2D eigenvalue weighted by atomic mass is 10.1. The third-order valence-electron chi connectivity index (χ3n) is 3.95. The van der Waals surface area contributed by atoms with Gasteiger partial charge in [0.1, 0.15) is 0 Å². The van der Waals surface area contributed by atoms with E-state index in [0.29, 0.717) is 11.1 Å². The zero-order valence-corrected chi connectivity index (χ0v) is 15.2. The van der Waals surface area contributed by atoms with Crippen LogP contribution in [0.5, 0.6) is 0 Å². The molecule has 0 spiro atoms. The van der Waals surface area contributed by atoms with Crippen LogP contribution >= 0.6 is 0 Å². The van der Waals surface area contributed by atoms with E-state index in [9.17, 15) is 9.59 Å². The SMILES string of the molecule is O=C(/C=C\Nc1cccc(N/C=C\C(=O)c2ccccc2)c1)c1ccccc1. The van der Waals surface area contributed by atoms with Gasteiger partial charge in [-0.05, 0) is 18.2 Å². The second-order valence-electron chi connectivity index (χ2n) is 6.00. The van der Waals surface area contributed by atoms with Crippen molar-refractivity contribution in [2.75, 3.05) is 10.6 Å². The summed E-state index contributed by atoms with van der Waals surface area (Å²) in [5.41, 5.74) is 2.93. The largest absolute Gasteiger partial charge is 0.361 e. The molecule has 0 atom stereocenters. The van der Waals surface area contributed by atoms with Gasteiger partial charge in [0.05, 0.1) is 0 Å². The third-order valence-corrected chi connectivity index (χ3v) is 3.95. The fourth-order valence-corrected chi connectivity index (χ4v) is 2.52. The van der Waals surface area contributed by atoms with Gasteiger partial charge in [-0.25, -0.2) is 0 Å². The Balaban J connectivity index is 1.55. The van der Waals surface area contributed by atoms with E-state index < -0.39 is 0 Å². The lowest BCUT2D eigenvalue weighted by Gasteiger charge is -2.05. The highest BCUT2D eigenvalue weighted by atomic mass is 16.1. The molecule has 0 heterocycles. The maximum absolute atomic E-state index is 12.0. The molecule has 0 aliphatic heterocycles. The molecule has 0 aliphatic rings. The molecular formula is C24H20N2O2. The highest BCUT2D eigenvalue weighted by Crippen LogP contribution is 2.15. The van der Waals surface area contributed by atoms with Crippen LogP contribution in [0.3, 0.4) is 0 Å². The molecule has 0 unspecified atom stereocenters. The number of nitrogens with one attached hydrogen (secondary N) is 2. The van der Waals surface area contributed by atoms with Gasteiger partial charge in [0.25, 0.3) is 0 Å². The van der Waals surface area contributed by atoms with Gasteiger partial charge in [0.15, 0.2) is 11.6 Å². The Hall–Kier alpha value is -3.92. The number of benzene rings is 3. The highest BCUT2D eigenvalue weighted by Gasteiger charge is 2.00. The highest BCUT2D eigenvalue weighted by molar-refractivity contribution is 6.05. The molecule has 28 heavy (non-hydrogen) atoms. The van der Waals surface area contributed by atoms with Crippen LogP contribution in [0.1, 0.15) is 20.7 Å². The summed E-state index contributed by atoms with van der Waals surface area (Å²) in [6.45, 7) is 0. The molecule has 0 bridgehead atoms. The standard InChI is InChI=1S/C24H20N2O2/c27-23(19-8-3-1-4-9-19)14-16-25-21-12-7-13-22(18-21)26-17-15-24(28)20-10-5-2-6-11-20/h1-18,25-26H/b16-14-,17-15-. The van der Waals surface area contributed by atoms with E-state index in [4.69, 9.17) is 0 Å². The van der Waals surface area contributed by atoms with Gasteiger partial charge < -0.3 is 10.6 Å². The molecule has 0 saturated heterocycles. The van der Waals surface area contributed by atoms with E-state index in [2.05, 4.69) is 10.6 Å². The summed E-state index contributed by atoms with van der Waals surface area (Å²) >= 11 is 0. The van der Waals surface area contributed by atoms with E-state index >= 15 is 0 Å². The predicted octanol–water partition coefficient (Wildman–Crippen LogP) is 5.30. The molecule has 138 valence electrons. The van der Waals surface area contributed by atoms with Crippen molar-refractivity contribution in [2.24, 2.45) is 0 Å². The first-order valence-corrected chi connectivity index (χ1v) is 8.87. The van der Waals surface area contributed by atoms with Gasteiger partial charge in [-0.1, -0.05) is 66.7 Å². The van der Waals surface area contributed by atoms with Crippen molar-refractivity contribution in [2.45, 2.75) is 0 Å². The maximum atomic E-state index is 12.0. The van der Waals surface area contributed by atoms with Crippen LogP contribution in [0.4, 0.5) is 11.4 Å². The molecule has 4 heteroatoms. The van der Waals surface area contributed by atoms with Crippen molar-refractivity contribution in [3.8, 4) is 0 Å². The second kappa shape index (κ2) is 9.69. The lowest BCUT2D eigenvalue weighted by molar-refractivity contribution is 0.103. The van der Waals surface area contributed by atoms with E-state index in [1.165, 1.54) is 12.2 Å². The van der Waals surface area contributed by atoms with Crippen LogP contribution in [0, 0.1) is 0 Å². The topological polar surface area (TPSA) is 58.2 Å². The average molecular weight is 368 g/mol. The van der Waals surface area contributed by atoms with E-state index in [1.54, 1.807) is 36.7 Å². The van der Waals surface area contributed by atoms with Crippen LogP contribution in [0.2, 0.25) is 0 Å². The van der Waals surface area contributed by atoms with Gasteiger partial charge in [-0.2, -0.15) is 0 Å². The Kier molecular flexibility index (Phi) is 6.53. The lowest BCUT2D eigenvalue weighted by Crippen LogP contribution is -1.97. The first-order chi connectivity index (χ1) is 13.7. The van der Waals surface area contributed by atoms with Crippen LogP contribution < -0.4 is 10.6 Å². The summed E-state index contributed by atoms with van der Waals surface area (Å²) in [6.07, 6.45) is 6.22. The number of anilines is 2. The minimum Gasteiger partial charge on any atom is -0.361 e. The summed E-state index contributed by atoms with van der Waals surface area (Å²) in [6, 6.07) is 25.7. The molecule has 3 aromatic rings. The number of rotatable bonds is 8. The molecular weight excluding hydrogens is 348 g/mol. The molecule has 3 aromatic carbocycles. The first kappa shape index (κ1) is 18.9. The van der Waals surface area contributed by atoms with Gasteiger partial charge in [-0.15, -0.1) is 0 Å². The molecule has 3 rings (SSSR count). The third kappa shape index (κ3) is 5.54. The first-order valence-electron chi connectivity index (χ1n) is 8.87. The van der Waals surface area contributed by atoms with E-state index in [-0.39, 0.29) is 11.6 Å². The monoisotopic (exact) mass is 368 g/mol. The number of carbonyl (C=O) groups excluding carboxylic acids is 2. The van der Waals surface area contributed by atoms with Crippen LogP contribution in [0.25, 0.3) is 0 Å². The fraction of sp³-hybridized carbons (Fsp3) is 0. The zero-order chi connectivity index (χ0) is 19.6. The van der Waals surface area contributed by atoms with Crippen molar-refractivity contribution in [1.29, 1.82) is 0 Å². The molecule has 0 amide bonds.